The van der Waals surface area contributed by atoms with Crippen LogP contribution in [0.3, 0.4) is 0 Å². The van der Waals surface area contributed by atoms with Crippen LogP contribution in [0.5, 0.6) is 0 Å². The molecule has 2 aliphatic rings. The van der Waals surface area contributed by atoms with Gasteiger partial charge in [0.05, 0.1) is 12.2 Å². The number of nitrogens with zero attached hydrogens (tertiary/aromatic N) is 2. The molecule has 5 nitrogen and oxygen atoms in total. The molecule has 0 radical (unpaired) electrons. The number of piperidine rings is 1. The lowest BCUT2D eigenvalue weighted by Crippen LogP contribution is -2.49. The van der Waals surface area contributed by atoms with Crippen molar-refractivity contribution in [1.29, 1.82) is 0 Å². The molecule has 5 heteroatoms. The van der Waals surface area contributed by atoms with Crippen molar-refractivity contribution < 1.29 is 14.6 Å². The molecule has 0 aliphatic carbocycles. The molecule has 0 aromatic carbocycles. The molecule has 0 saturated carbocycles. The van der Waals surface area contributed by atoms with Gasteiger partial charge in [-0.1, -0.05) is 0 Å². The first kappa shape index (κ1) is 15.7. The molecular weight excluding hydrogens is 256 g/mol. The third-order valence-electron chi connectivity index (χ3n) is 4.57. The summed E-state index contributed by atoms with van der Waals surface area (Å²) in [5.74, 6) is -0.0102. The number of hydrogen-bond donors (Lipinski definition) is 1. The third-order valence-corrected chi connectivity index (χ3v) is 4.57. The van der Waals surface area contributed by atoms with Crippen molar-refractivity contribution in [2.45, 2.75) is 51.9 Å². The number of carbonyl (C=O) groups is 1. The third kappa shape index (κ3) is 4.17. The number of rotatable bonds is 4. The second kappa shape index (κ2) is 6.87. The van der Waals surface area contributed by atoms with Crippen molar-refractivity contribution in [1.82, 2.24) is 9.80 Å². The van der Waals surface area contributed by atoms with E-state index < -0.39 is 5.97 Å². The molecule has 2 rings (SSSR count). The van der Waals surface area contributed by atoms with E-state index in [0.717, 1.165) is 45.6 Å². The van der Waals surface area contributed by atoms with E-state index in [2.05, 4.69) is 23.6 Å². The molecule has 20 heavy (non-hydrogen) atoms. The summed E-state index contributed by atoms with van der Waals surface area (Å²) in [5.41, 5.74) is 0. The van der Waals surface area contributed by atoms with Crippen LogP contribution in [0.2, 0.25) is 0 Å². The second-order valence-electron chi connectivity index (χ2n) is 6.47. The number of carboxylic acids is 1. The predicted octanol–water partition coefficient (Wildman–Crippen LogP) is 1.28. The highest BCUT2D eigenvalue weighted by Gasteiger charge is 2.29. The van der Waals surface area contributed by atoms with Gasteiger partial charge in [-0.25, -0.2) is 0 Å². The van der Waals surface area contributed by atoms with E-state index in [-0.39, 0.29) is 6.04 Å². The lowest BCUT2D eigenvalue weighted by Gasteiger charge is -2.40. The number of morpholine rings is 1. The molecule has 0 aromatic heterocycles. The van der Waals surface area contributed by atoms with Gasteiger partial charge in [0.25, 0.3) is 0 Å². The van der Waals surface area contributed by atoms with Gasteiger partial charge in [-0.05, 0) is 52.6 Å². The Labute approximate surface area is 121 Å². The molecule has 3 unspecified atom stereocenters. The van der Waals surface area contributed by atoms with E-state index >= 15 is 0 Å². The van der Waals surface area contributed by atoms with E-state index in [9.17, 15) is 4.79 Å². The Bertz CT molecular complexity index is 319. The molecule has 2 fully saturated rings. The van der Waals surface area contributed by atoms with E-state index in [4.69, 9.17) is 9.84 Å². The first-order valence-corrected chi connectivity index (χ1v) is 7.80. The zero-order valence-corrected chi connectivity index (χ0v) is 12.9. The highest BCUT2D eigenvalue weighted by Crippen LogP contribution is 2.22. The molecule has 0 bridgehead atoms. The highest BCUT2D eigenvalue weighted by atomic mass is 16.5. The van der Waals surface area contributed by atoms with Crippen molar-refractivity contribution in [3.8, 4) is 0 Å². The summed E-state index contributed by atoms with van der Waals surface area (Å²) in [7, 11) is 0. The lowest BCUT2D eigenvalue weighted by atomic mass is 9.94. The fraction of sp³-hybridized carbons (Fsp3) is 0.933. The van der Waals surface area contributed by atoms with Crippen LogP contribution in [0.4, 0.5) is 0 Å². The van der Waals surface area contributed by atoms with E-state index in [0.29, 0.717) is 18.1 Å². The van der Waals surface area contributed by atoms with Gasteiger partial charge in [-0.2, -0.15) is 0 Å². The van der Waals surface area contributed by atoms with Crippen molar-refractivity contribution >= 4 is 5.97 Å². The minimum atomic E-state index is -0.709. The van der Waals surface area contributed by atoms with Crippen LogP contribution in [0, 0.1) is 5.92 Å². The quantitative estimate of drug-likeness (QED) is 0.843. The van der Waals surface area contributed by atoms with Crippen LogP contribution >= 0.6 is 0 Å². The SMILES string of the molecule is CC1CN(CC2CCN(C(C)C(=O)O)CC2)CC(C)O1. The van der Waals surface area contributed by atoms with Crippen molar-refractivity contribution in [3.63, 3.8) is 0 Å². The van der Waals surface area contributed by atoms with Gasteiger partial charge in [0, 0.05) is 19.6 Å². The Hall–Kier alpha value is -0.650. The molecular formula is C15H28N2O3. The maximum absolute atomic E-state index is 11.0. The van der Waals surface area contributed by atoms with Gasteiger partial charge < -0.3 is 9.84 Å². The minimum absolute atomic E-state index is 0.325. The van der Waals surface area contributed by atoms with Gasteiger partial charge in [0.1, 0.15) is 6.04 Å². The van der Waals surface area contributed by atoms with Gasteiger partial charge in [-0.15, -0.1) is 0 Å². The lowest BCUT2D eigenvalue weighted by molar-refractivity contribution is -0.143. The largest absolute Gasteiger partial charge is 0.480 e. The van der Waals surface area contributed by atoms with Crippen molar-refractivity contribution in [2.24, 2.45) is 5.92 Å². The van der Waals surface area contributed by atoms with Crippen LogP contribution in [-0.4, -0.2) is 71.8 Å². The van der Waals surface area contributed by atoms with Crippen LogP contribution < -0.4 is 0 Å². The van der Waals surface area contributed by atoms with Gasteiger partial charge in [-0.3, -0.25) is 14.6 Å². The van der Waals surface area contributed by atoms with Crippen LogP contribution in [-0.2, 0) is 9.53 Å². The fourth-order valence-corrected chi connectivity index (χ4v) is 3.48. The average Bonchev–Trinajstić information content (AvgIpc) is 2.37. The van der Waals surface area contributed by atoms with Gasteiger partial charge in [0.2, 0.25) is 0 Å². The Morgan fingerprint density at radius 1 is 1.25 bits per heavy atom. The smallest absolute Gasteiger partial charge is 0.320 e. The number of aliphatic carboxylic acids is 1. The van der Waals surface area contributed by atoms with Gasteiger partial charge >= 0.3 is 5.97 Å². The summed E-state index contributed by atoms with van der Waals surface area (Å²) in [6.45, 7) is 11.1. The number of ether oxygens (including phenoxy) is 1. The summed E-state index contributed by atoms with van der Waals surface area (Å²) in [6.07, 6.45) is 2.87. The molecule has 1 N–H and O–H groups in total. The number of hydrogen-bond acceptors (Lipinski definition) is 4. The molecule has 2 aliphatic heterocycles. The molecule has 2 heterocycles. The van der Waals surface area contributed by atoms with Crippen molar-refractivity contribution in [2.75, 3.05) is 32.7 Å². The van der Waals surface area contributed by atoms with E-state index in [1.54, 1.807) is 6.92 Å². The zero-order valence-electron chi connectivity index (χ0n) is 12.9. The van der Waals surface area contributed by atoms with Crippen LogP contribution in [0.1, 0.15) is 33.6 Å². The maximum Gasteiger partial charge on any atom is 0.320 e. The minimum Gasteiger partial charge on any atom is -0.480 e. The first-order chi connectivity index (χ1) is 9.45. The molecule has 0 aromatic rings. The summed E-state index contributed by atoms with van der Waals surface area (Å²) in [4.78, 5) is 15.6. The fourth-order valence-electron chi connectivity index (χ4n) is 3.48. The van der Waals surface area contributed by atoms with Crippen molar-refractivity contribution in [3.05, 3.63) is 0 Å². The standard InChI is InChI=1S/C15H28N2O3/c1-11-8-16(9-12(2)20-11)10-14-4-6-17(7-5-14)13(3)15(18)19/h11-14H,4-10H2,1-3H3,(H,18,19). The highest BCUT2D eigenvalue weighted by molar-refractivity contribution is 5.72. The number of carboxylic acid groups (broad SMARTS) is 1. The second-order valence-corrected chi connectivity index (χ2v) is 6.47. The van der Waals surface area contributed by atoms with E-state index in [1.165, 1.54) is 0 Å². The Kier molecular flexibility index (Phi) is 5.41. The topological polar surface area (TPSA) is 53.0 Å². The van der Waals surface area contributed by atoms with Crippen LogP contribution in [0.25, 0.3) is 0 Å². The zero-order chi connectivity index (χ0) is 14.7. The Morgan fingerprint density at radius 3 is 2.30 bits per heavy atom. The summed E-state index contributed by atoms with van der Waals surface area (Å²) in [6, 6.07) is -0.348. The monoisotopic (exact) mass is 284 g/mol. The van der Waals surface area contributed by atoms with Crippen LogP contribution in [0.15, 0.2) is 0 Å². The normalized spacial score (nSPS) is 32.1. The molecule has 3 atom stereocenters. The van der Waals surface area contributed by atoms with E-state index in [1.807, 2.05) is 0 Å². The van der Waals surface area contributed by atoms with Gasteiger partial charge in [0.15, 0.2) is 0 Å². The number of likely N-dealkylation sites (tertiary alicyclic amines) is 1. The Morgan fingerprint density at radius 2 is 1.80 bits per heavy atom. The molecule has 0 amide bonds. The average molecular weight is 284 g/mol. The molecule has 116 valence electrons. The predicted molar refractivity (Wildman–Crippen MR) is 77.8 cm³/mol. The summed E-state index contributed by atoms with van der Waals surface area (Å²) in [5, 5.41) is 9.06. The summed E-state index contributed by atoms with van der Waals surface area (Å²) >= 11 is 0. The summed E-state index contributed by atoms with van der Waals surface area (Å²) < 4.78 is 5.77. The molecule has 2 saturated heterocycles. The first-order valence-electron chi connectivity index (χ1n) is 7.80. The Balaban J connectivity index is 1.75. The molecule has 0 spiro atoms. The maximum atomic E-state index is 11.0.